The van der Waals surface area contributed by atoms with Crippen molar-refractivity contribution in [3.63, 3.8) is 0 Å². The summed E-state index contributed by atoms with van der Waals surface area (Å²) in [6, 6.07) is 9.54. The topological polar surface area (TPSA) is 12.0 Å². The third-order valence-corrected chi connectivity index (χ3v) is 3.38. The lowest BCUT2D eigenvalue weighted by Crippen LogP contribution is -2.24. The van der Waals surface area contributed by atoms with Gasteiger partial charge in [0.15, 0.2) is 0 Å². The lowest BCUT2D eigenvalue weighted by Gasteiger charge is -2.07. The molecule has 0 aliphatic rings. The Morgan fingerprint density at radius 1 is 1.27 bits per heavy atom. The molecule has 0 amide bonds. The summed E-state index contributed by atoms with van der Waals surface area (Å²) in [7, 11) is 0. The van der Waals surface area contributed by atoms with E-state index in [-0.39, 0.29) is 0 Å². The van der Waals surface area contributed by atoms with E-state index in [4.69, 9.17) is 0 Å². The van der Waals surface area contributed by atoms with E-state index < -0.39 is 0 Å². The quantitative estimate of drug-likeness (QED) is 0.830. The SMILES string of the molecule is CC(C)NCCc1ccc2sccc2c1. The van der Waals surface area contributed by atoms with Gasteiger partial charge in [0.1, 0.15) is 0 Å². The molecule has 2 heteroatoms. The molecule has 0 atom stereocenters. The summed E-state index contributed by atoms with van der Waals surface area (Å²) in [5.41, 5.74) is 1.43. The Bertz CT molecular complexity index is 431. The zero-order valence-corrected chi connectivity index (χ0v) is 10.1. The minimum Gasteiger partial charge on any atom is -0.314 e. The molecule has 0 spiro atoms. The number of rotatable bonds is 4. The lowest BCUT2D eigenvalue weighted by molar-refractivity contribution is 0.590. The summed E-state index contributed by atoms with van der Waals surface area (Å²) in [6.45, 7) is 5.43. The summed E-state index contributed by atoms with van der Waals surface area (Å²) in [5, 5.41) is 6.97. The zero-order valence-electron chi connectivity index (χ0n) is 9.29. The second-order valence-electron chi connectivity index (χ2n) is 4.15. The van der Waals surface area contributed by atoms with E-state index in [1.807, 2.05) is 11.3 Å². The van der Waals surface area contributed by atoms with Crippen molar-refractivity contribution < 1.29 is 0 Å². The van der Waals surface area contributed by atoms with Crippen LogP contribution in [0.3, 0.4) is 0 Å². The van der Waals surface area contributed by atoms with Gasteiger partial charge >= 0.3 is 0 Å². The van der Waals surface area contributed by atoms with E-state index in [1.165, 1.54) is 15.6 Å². The van der Waals surface area contributed by atoms with Crippen LogP contribution < -0.4 is 5.32 Å². The summed E-state index contributed by atoms with van der Waals surface area (Å²) >= 11 is 1.81. The van der Waals surface area contributed by atoms with Crippen molar-refractivity contribution in [1.82, 2.24) is 5.32 Å². The smallest absolute Gasteiger partial charge is 0.0342 e. The summed E-state index contributed by atoms with van der Waals surface area (Å²) in [4.78, 5) is 0. The van der Waals surface area contributed by atoms with Crippen LogP contribution in [0.15, 0.2) is 29.6 Å². The molecule has 1 nitrogen and oxygen atoms in total. The fourth-order valence-corrected chi connectivity index (χ4v) is 2.45. The van der Waals surface area contributed by atoms with Gasteiger partial charge in [-0.3, -0.25) is 0 Å². The van der Waals surface area contributed by atoms with E-state index in [9.17, 15) is 0 Å². The highest BCUT2D eigenvalue weighted by Gasteiger charge is 1.98. The highest BCUT2D eigenvalue weighted by molar-refractivity contribution is 7.17. The van der Waals surface area contributed by atoms with Crippen molar-refractivity contribution in [2.24, 2.45) is 0 Å². The van der Waals surface area contributed by atoms with Crippen LogP contribution in [0.5, 0.6) is 0 Å². The monoisotopic (exact) mass is 219 g/mol. The third kappa shape index (κ3) is 2.80. The maximum atomic E-state index is 3.44. The summed E-state index contributed by atoms with van der Waals surface area (Å²) in [5.74, 6) is 0. The first-order chi connectivity index (χ1) is 7.25. The van der Waals surface area contributed by atoms with E-state index in [1.54, 1.807) is 0 Å². The average molecular weight is 219 g/mol. The maximum absolute atomic E-state index is 3.44. The van der Waals surface area contributed by atoms with Crippen LogP contribution in [-0.4, -0.2) is 12.6 Å². The van der Waals surface area contributed by atoms with Crippen LogP contribution in [0.1, 0.15) is 19.4 Å². The van der Waals surface area contributed by atoms with Gasteiger partial charge in [-0.05, 0) is 41.4 Å². The number of nitrogens with one attached hydrogen (secondary N) is 1. The molecule has 15 heavy (non-hydrogen) atoms. The molecule has 0 saturated carbocycles. The van der Waals surface area contributed by atoms with Crippen molar-refractivity contribution in [2.75, 3.05) is 6.54 Å². The van der Waals surface area contributed by atoms with Gasteiger partial charge < -0.3 is 5.32 Å². The van der Waals surface area contributed by atoms with Crippen molar-refractivity contribution in [2.45, 2.75) is 26.3 Å². The van der Waals surface area contributed by atoms with Crippen molar-refractivity contribution >= 4 is 21.4 Å². The van der Waals surface area contributed by atoms with Crippen molar-refractivity contribution in [3.05, 3.63) is 35.2 Å². The number of fused-ring (bicyclic) bond motifs is 1. The normalized spacial score (nSPS) is 11.4. The fraction of sp³-hybridized carbons (Fsp3) is 0.385. The zero-order chi connectivity index (χ0) is 10.7. The minimum atomic E-state index is 0.579. The Morgan fingerprint density at radius 2 is 2.13 bits per heavy atom. The second-order valence-corrected chi connectivity index (χ2v) is 5.10. The van der Waals surface area contributed by atoms with Gasteiger partial charge in [-0.15, -0.1) is 11.3 Å². The van der Waals surface area contributed by atoms with E-state index in [0.717, 1.165) is 13.0 Å². The first kappa shape index (κ1) is 10.7. The van der Waals surface area contributed by atoms with Crippen LogP contribution >= 0.6 is 11.3 Å². The van der Waals surface area contributed by atoms with Gasteiger partial charge in [-0.2, -0.15) is 0 Å². The predicted octanol–water partition coefficient (Wildman–Crippen LogP) is 3.44. The average Bonchev–Trinajstić information content (AvgIpc) is 2.64. The van der Waals surface area contributed by atoms with E-state index in [0.29, 0.717) is 6.04 Å². The molecule has 1 aromatic heterocycles. The molecule has 80 valence electrons. The molecule has 1 heterocycles. The Balaban J connectivity index is 2.02. The van der Waals surface area contributed by atoms with Crippen molar-refractivity contribution in [1.29, 1.82) is 0 Å². The van der Waals surface area contributed by atoms with Crippen LogP contribution in [-0.2, 0) is 6.42 Å². The van der Waals surface area contributed by atoms with Crippen LogP contribution in [0, 0.1) is 0 Å². The molecule has 0 bridgehead atoms. The first-order valence-corrected chi connectivity index (χ1v) is 6.33. The highest BCUT2D eigenvalue weighted by atomic mass is 32.1. The van der Waals surface area contributed by atoms with Gasteiger partial charge in [0.25, 0.3) is 0 Å². The van der Waals surface area contributed by atoms with Gasteiger partial charge in [0, 0.05) is 10.7 Å². The molecule has 0 fully saturated rings. The maximum Gasteiger partial charge on any atom is 0.0342 e. The predicted molar refractivity (Wildman–Crippen MR) is 68.7 cm³/mol. The van der Waals surface area contributed by atoms with Gasteiger partial charge in [0.05, 0.1) is 0 Å². The summed E-state index contributed by atoms with van der Waals surface area (Å²) < 4.78 is 1.38. The number of benzene rings is 1. The third-order valence-electron chi connectivity index (χ3n) is 2.48. The molecule has 0 saturated heterocycles. The van der Waals surface area contributed by atoms with Gasteiger partial charge in [0.2, 0.25) is 0 Å². The van der Waals surface area contributed by atoms with Gasteiger partial charge in [-0.1, -0.05) is 26.0 Å². The molecule has 2 rings (SSSR count). The molecule has 0 aliphatic carbocycles. The Hall–Kier alpha value is -0.860. The van der Waals surface area contributed by atoms with Gasteiger partial charge in [-0.25, -0.2) is 0 Å². The number of hydrogen-bond donors (Lipinski definition) is 1. The van der Waals surface area contributed by atoms with Crippen LogP contribution in [0.4, 0.5) is 0 Å². The van der Waals surface area contributed by atoms with Crippen LogP contribution in [0.25, 0.3) is 10.1 Å². The Labute approximate surface area is 95.1 Å². The molecular formula is C13H17NS. The van der Waals surface area contributed by atoms with E-state index >= 15 is 0 Å². The molecule has 1 aromatic carbocycles. The Morgan fingerprint density at radius 3 is 2.93 bits per heavy atom. The van der Waals surface area contributed by atoms with Crippen molar-refractivity contribution in [3.8, 4) is 0 Å². The number of hydrogen-bond acceptors (Lipinski definition) is 2. The lowest BCUT2D eigenvalue weighted by atomic mass is 10.1. The largest absolute Gasteiger partial charge is 0.314 e. The van der Waals surface area contributed by atoms with E-state index in [2.05, 4.69) is 48.8 Å². The first-order valence-electron chi connectivity index (χ1n) is 5.45. The second kappa shape index (κ2) is 4.77. The molecule has 2 aromatic rings. The van der Waals surface area contributed by atoms with Crippen LogP contribution in [0.2, 0.25) is 0 Å². The number of thiophene rings is 1. The highest BCUT2D eigenvalue weighted by Crippen LogP contribution is 2.21. The standard InChI is InChI=1S/C13H17NS/c1-10(2)14-7-5-11-3-4-13-12(9-11)6-8-15-13/h3-4,6,8-10,14H,5,7H2,1-2H3. The summed E-state index contributed by atoms with van der Waals surface area (Å²) in [6.07, 6.45) is 1.12. The fourth-order valence-electron chi connectivity index (χ4n) is 1.68. The molecular weight excluding hydrogens is 202 g/mol. The molecule has 0 unspecified atom stereocenters. The molecule has 0 radical (unpaired) electrons. The molecule has 1 N–H and O–H groups in total. The minimum absolute atomic E-state index is 0.579. The molecule has 0 aliphatic heterocycles. The Kier molecular flexibility index (Phi) is 3.39.